The molecule has 1 fully saturated rings. The van der Waals surface area contributed by atoms with Gasteiger partial charge in [-0.1, -0.05) is 19.1 Å². The third-order valence-corrected chi connectivity index (χ3v) is 3.86. The van der Waals surface area contributed by atoms with Gasteiger partial charge in [-0.05, 0) is 44.9 Å². The Kier molecular flexibility index (Phi) is 4.58. The lowest BCUT2D eigenvalue weighted by atomic mass is 10.00. The van der Waals surface area contributed by atoms with Crippen molar-refractivity contribution < 1.29 is 19.1 Å². The molecular formula is C16H21N3O4. The van der Waals surface area contributed by atoms with E-state index in [2.05, 4.69) is 10.7 Å². The van der Waals surface area contributed by atoms with Gasteiger partial charge in [0.2, 0.25) is 0 Å². The van der Waals surface area contributed by atoms with Crippen LogP contribution in [0.4, 0.5) is 4.79 Å². The minimum absolute atomic E-state index is 0.430. The van der Waals surface area contributed by atoms with E-state index in [4.69, 9.17) is 4.74 Å². The van der Waals surface area contributed by atoms with E-state index in [-0.39, 0.29) is 0 Å². The summed E-state index contributed by atoms with van der Waals surface area (Å²) in [6.45, 7) is 6.87. The summed E-state index contributed by atoms with van der Waals surface area (Å²) in [7, 11) is 0. The van der Waals surface area contributed by atoms with E-state index in [0.717, 1.165) is 5.56 Å². The average molecular weight is 319 g/mol. The average Bonchev–Trinajstić information content (AvgIpc) is 2.71. The predicted octanol–water partition coefficient (Wildman–Crippen LogP) is 1.51. The highest BCUT2D eigenvalue weighted by Crippen LogP contribution is 2.19. The topological polar surface area (TPSA) is 87.7 Å². The Morgan fingerprint density at radius 1 is 1.43 bits per heavy atom. The molecule has 4 amide bonds. The van der Waals surface area contributed by atoms with Crippen molar-refractivity contribution in [3.8, 4) is 5.75 Å². The number of imide groups is 1. The van der Waals surface area contributed by atoms with Crippen molar-refractivity contribution in [1.82, 2.24) is 15.8 Å². The molecule has 0 spiro atoms. The SMILES string of the molecule is CC[C@]1(C)NC(=O)N(NC(=O)[C@H](C)Oc2cccc(C)c2)C1=O. The summed E-state index contributed by atoms with van der Waals surface area (Å²) >= 11 is 0. The van der Waals surface area contributed by atoms with Gasteiger partial charge in [0.25, 0.3) is 11.8 Å². The normalized spacial score (nSPS) is 21.8. The van der Waals surface area contributed by atoms with Gasteiger partial charge in [-0.15, -0.1) is 0 Å². The molecule has 0 saturated carbocycles. The summed E-state index contributed by atoms with van der Waals surface area (Å²) in [5, 5.41) is 3.27. The molecule has 0 unspecified atom stereocenters. The third kappa shape index (κ3) is 3.44. The third-order valence-electron chi connectivity index (χ3n) is 3.86. The number of hydrazine groups is 1. The van der Waals surface area contributed by atoms with Gasteiger partial charge >= 0.3 is 6.03 Å². The molecule has 1 aliphatic heterocycles. The van der Waals surface area contributed by atoms with Crippen LogP contribution in [0.5, 0.6) is 5.75 Å². The summed E-state index contributed by atoms with van der Waals surface area (Å²) in [6.07, 6.45) is -0.426. The van der Waals surface area contributed by atoms with Crippen molar-refractivity contribution in [3.05, 3.63) is 29.8 Å². The fraction of sp³-hybridized carbons (Fsp3) is 0.438. The summed E-state index contributed by atoms with van der Waals surface area (Å²) in [5.74, 6) is -0.514. The van der Waals surface area contributed by atoms with E-state index in [9.17, 15) is 14.4 Å². The fourth-order valence-corrected chi connectivity index (χ4v) is 2.17. The number of hydrogen-bond acceptors (Lipinski definition) is 4. The first-order chi connectivity index (χ1) is 10.8. The molecule has 0 bridgehead atoms. The number of amides is 4. The molecule has 1 heterocycles. The van der Waals surface area contributed by atoms with E-state index >= 15 is 0 Å². The second-order valence-electron chi connectivity index (χ2n) is 5.81. The van der Waals surface area contributed by atoms with E-state index in [1.807, 2.05) is 19.1 Å². The zero-order valence-electron chi connectivity index (χ0n) is 13.7. The molecular weight excluding hydrogens is 298 g/mol. The number of carbonyl (C=O) groups is 3. The van der Waals surface area contributed by atoms with Gasteiger partial charge in [-0.25, -0.2) is 4.79 Å². The van der Waals surface area contributed by atoms with Gasteiger partial charge in [-0.2, -0.15) is 5.01 Å². The van der Waals surface area contributed by atoms with E-state index in [1.165, 1.54) is 0 Å². The fourth-order valence-electron chi connectivity index (χ4n) is 2.17. The van der Waals surface area contributed by atoms with Gasteiger partial charge in [0.05, 0.1) is 0 Å². The van der Waals surface area contributed by atoms with Crippen LogP contribution in [-0.4, -0.2) is 34.5 Å². The van der Waals surface area contributed by atoms with Crippen LogP contribution < -0.4 is 15.5 Å². The van der Waals surface area contributed by atoms with Crippen molar-refractivity contribution in [2.45, 2.75) is 45.8 Å². The summed E-state index contributed by atoms with van der Waals surface area (Å²) in [5.41, 5.74) is 2.32. The second-order valence-corrected chi connectivity index (χ2v) is 5.81. The summed E-state index contributed by atoms with van der Waals surface area (Å²) in [6, 6.07) is 6.62. The first-order valence-electron chi connectivity index (χ1n) is 7.47. The summed E-state index contributed by atoms with van der Waals surface area (Å²) < 4.78 is 5.53. The predicted molar refractivity (Wildman–Crippen MR) is 83.5 cm³/mol. The monoisotopic (exact) mass is 319 g/mol. The number of nitrogens with zero attached hydrogens (tertiary/aromatic N) is 1. The maximum Gasteiger partial charge on any atom is 0.344 e. The Morgan fingerprint density at radius 2 is 2.13 bits per heavy atom. The Balaban J connectivity index is 2.01. The van der Waals surface area contributed by atoms with Crippen molar-refractivity contribution in [3.63, 3.8) is 0 Å². The molecule has 23 heavy (non-hydrogen) atoms. The molecule has 1 aromatic rings. The molecule has 7 nitrogen and oxygen atoms in total. The molecule has 1 saturated heterocycles. The molecule has 0 aromatic heterocycles. The van der Waals surface area contributed by atoms with Crippen LogP contribution in [0.15, 0.2) is 24.3 Å². The van der Waals surface area contributed by atoms with E-state index < -0.39 is 29.5 Å². The van der Waals surface area contributed by atoms with E-state index in [0.29, 0.717) is 17.2 Å². The van der Waals surface area contributed by atoms with Gasteiger partial charge < -0.3 is 10.1 Å². The lowest BCUT2D eigenvalue weighted by Gasteiger charge is -2.21. The van der Waals surface area contributed by atoms with Crippen LogP contribution in [0, 0.1) is 6.92 Å². The zero-order valence-corrected chi connectivity index (χ0v) is 13.7. The minimum Gasteiger partial charge on any atom is -0.481 e. The Hall–Kier alpha value is -2.57. The van der Waals surface area contributed by atoms with Crippen LogP contribution in [0.2, 0.25) is 0 Å². The molecule has 7 heteroatoms. The van der Waals surface area contributed by atoms with Crippen LogP contribution in [0.25, 0.3) is 0 Å². The molecule has 0 aliphatic carbocycles. The number of benzene rings is 1. The Bertz CT molecular complexity index is 646. The molecule has 0 radical (unpaired) electrons. The smallest absolute Gasteiger partial charge is 0.344 e. The maximum absolute atomic E-state index is 12.2. The van der Waals surface area contributed by atoms with Gasteiger partial charge in [0, 0.05) is 0 Å². The van der Waals surface area contributed by atoms with Crippen LogP contribution >= 0.6 is 0 Å². The largest absolute Gasteiger partial charge is 0.481 e. The van der Waals surface area contributed by atoms with Gasteiger partial charge in [0.1, 0.15) is 11.3 Å². The number of hydrogen-bond donors (Lipinski definition) is 2. The molecule has 2 rings (SSSR count). The second kappa shape index (κ2) is 6.28. The highest BCUT2D eigenvalue weighted by molar-refractivity contribution is 6.07. The van der Waals surface area contributed by atoms with E-state index in [1.54, 1.807) is 32.9 Å². The molecule has 2 N–H and O–H groups in total. The first kappa shape index (κ1) is 16.8. The lowest BCUT2D eigenvalue weighted by Crippen LogP contribution is -2.51. The van der Waals surface area contributed by atoms with Crippen molar-refractivity contribution >= 4 is 17.8 Å². The molecule has 1 aliphatic rings. The Labute approximate surface area is 135 Å². The molecule has 1 aromatic carbocycles. The highest BCUT2D eigenvalue weighted by Gasteiger charge is 2.47. The number of aryl methyl sites for hydroxylation is 1. The Morgan fingerprint density at radius 3 is 2.70 bits per heavy atom. The quantitative estimate of drug-likeness (QED) is 0.805. The lowest BCUT2D eigenvalue weighted by molar-refractivity contribution is -0.141. The number of ether oxygens (including phenoxy) is 1. The van der Waals surface area contributed by atoms with Crippen LogP contribution in [-0.2, 0) is 9.59 Å². The number of urea groups is 1. The van der Waals surface area contributed by atoms with Crippen LogP contribution in [0.3, 0.4) is 0 Å². The van der Waals surface area contributed by atoms with Crippen molar-refractivity contribution in [2.24, 2.45) is 0 Å². The number of nitrogens with one attached hydrogen (secondary N) is 2. The van der Waals surface area contributed by atoms with Crippen molar-refractivity contribution in [2.75, 3.05) is 0 Å². The van der Waals surface area contributed by atoms with Crippen LogP contribution in [0.1, 0.15) is 32.8 Å². The molecule has 124 valence electrons. The number of rotatable bonds is 5. The molecule has 2 atom stereocenters. The minimum atomic E-state index is -0.995. The standard InChI is InChI=1S/C16H21N3O4/c1-5-16(4)14(21)19(15(22)17-16)18-13(20)11(3)23-12-8-6-7-10(2)9-12/h6-9,11H,5H2,1-4H3,(H,17,22)(H,18,20)/t11-,16-/m0/s1. The maximum atomic E-state index is 12.2. The highest BCUT2D eigenvalue weighted by atomic mass is 16.5. The zero-order chi connectivity index (χ0) is 17.2. The summed E-state index contributed by atoms with van der Waals surface area (Å²) in [4.78, 5) is 36.2. The van der Waals surface area contributed by atoms with Gasteiger partial charge in [-0.3, -0.25) is 15.0 Å². The van der Waals surface area contributed by atoms with Gasteiger partial charge in [0.15, 0.2) is 6.10 Å². The first-order valence-corrected chi connectivity index (χ1v) is 7.47. The van der Waals surface area contributed by atoms with Crippen molar-refractivity contribution in [1.29, 1.82) is 0 Å². The number of carbonyl (C=O) groups excluding carboxylic acids is 3.